The fourth-order valence-electron chi connectivity index (χ4n) is 4.03. The van der Waals surface area contributed by atoms with E-state index in [4.69, 9.17) is 5.73 Å². The van der Waals surface area contributed by atoms with Gasteiger partial charge in [-0.25, -0.2) is 4.39 Å². The molecule has 1 saturated carbocycles. The van der Waals surface area contributed by atoms with Crippen molar-refractivity contribution in [1.29, 1.82) is 0 Å². The summed E-state index contributed by atoms with van der Waals surface area (Å²) in [5.41, 5.74) is 7.93. The van der Waals surface area contributed by atoms with E-state index in [0.717, 1.165) is 0 Å². The molecule has 1 aliphatic heterocycles. The van der Waals surface area contributed by atoms with Crippen molar-refractivity contribution in [1.82, 2.24) is 5.32 Å². The summed E-state index contributed by atoms with van der Waals surface area (Å²) in [6.45, 7) is 0.690. The zero-order chi connectivity index (χ0) is 20.5. The fraction of sp³-hybridized carbons (Fsp3) is 0.632. The molecule has 1 saturated heterocycles. The highest BCUT2D eigenvalue weighted by atomic mass is 19.4. The van der Waals surface area contributed by atoms with E-state index in [-0.39, 0.29) is 44.2 Å². The van der Waals surface area contributed by atoms with Crippen LogP contribution in [0.3, 0.4) is 0 Å². The van der Waals surface area contributed by atoms with Gasteiger partial charge in [0.2, 0.25) is 0 Å². The van der Waals surface area contributed by atoms with Crippen LogP contribution in [0.2, 0.25) is 0 Å². The van der Waals surface area contributed by atoms with Gasteiger partial charge in [-0.2, -0.15) is 13.2 Å². The summed E-state index contributed by atoms with van der Waals surface area (Å²) in [4.78, 5) is 14.7. The van der Waals surface area contributed by atoms with E-state index in [1.54, 1.807) is 24.1 Å². The number of anilines is 3. The van der Waals surface area contributed by atoms with Crippen molar-refractivity contribution < 1.29 is 22.4 Å². The largest absolute Gasteiger partial charge is 0.397 e. The third kappa shape index (κ3) is 4.44. The first-order valence-electron chi connectivity index (χ1n) is 9.57. The maximum atomic E-state index is 13.7. The summed E-state index contributed by atoms with van der Waals surface area (Å²) in [5.74, 6) is -1.69. The molecule has 156 valence electrons. The van der Waals surface area contributed by atoms with Gasteiger partial charge in [0.1, 0.15) is 6.17 Å². The zero-order valence-electron chi connectivity index (χ0n) is 15.8. The number of carbonyl (C=O) groups is 1. The quantitative estimate of drug-likeness (QED) is 0.531. The fourth-order valence-corrected chi connectivity index (χ4v) is 4.03. The number of benzene rings is 1. The molecule has 0 radical (unpaired) electrons. The highest BCUT2D eigenvalue weighted by Gasteiger charge is 2.41. The third-order valence-electron chi connectivity index (χ3n) is 5.68. The second-order valence-electron chi connectivity index (χ2n) is 7.60. The number of hydrogen-bond acceptors (Lipinski definition) is 4. The Bertz CT molecular complexity index is 717. The van der Waals surface area contributed by atoms with Gasteiger partial charge in [0.05, 0.1) is 28.5 Å². The highest BCUT2D eigenvalue weighted by Crippen LogP contribution is 2.38. The average molecular weight is 402 g/mol. The van der Waals surface area contributed by atoms with Crippen LogP contribution in [0, 0.1) is 5.92 Å². The molecule has 2 aliphatic rings. The average Bonchev–Trinajstić information content (AvgIpc) is 3.07. The predicted octanol–water partition coefficient (Wildman–Crippen LogP) is 3.71. The van der Waals surface area contributed by atoms with E-state index in [2.05, 4.69) is 10.6 Å². The molecule has 0 aromatic heterocycles. The van der Waals surface area contributed by atoms with Gasteiger partial charge < -0.3 is 21.3 Å². The van der Waals surface area contributed by atoms with E-state index in [1.807, 2.05) is 0 Å². The Morgan fingerprint density at radius 3 is 2.39 bits per heavy atom. The van der Waals surface area contributed by atoms with Crippen molar-refractivity contribution in [2.75, 3.05) is 36.1 Å². The Morgan fingerprint density at radius 2 is 1.86 bits per heavy atom. The number of alkyl halides is 4. The number of carbonyl (C=O) groups excluding carboxylic acids is 1. The molecule has 3 rings (SSSR count). The van der Waals surface area contributed by atoms with Crippen molar-refractivity contribution in [2.45, 2.75) is 50.5 Å². The van der Waals surface area contributed by atoms with E-state index < -0.39 is 18.3 Å². The van der Waals surface area contributed by atoms with Crippen LogP contribution in [-0.4, -0.2) is 44.4 Å². The Labute approximate surface area is 161 Å². The lowest BCUT2D eigenvalue weighted by Gasteiger charge is -2.31. The van der Waals surface area contributed by atoms with Gasteiger partial charge in [-0.3, -0.25) is 4.79 Å². The van der Waals surface area contributed by atoms with Crippen LogP contribution in [0.1, 0.15) is 42.5 Å². The molecule has 2 fully saturated rings. The van der Waals surface area contributed by atoms with Crippen LogP contribution >= 0.6 is 0 Å². The molecule has 1 amide bonds. The minimum atomic E-state index is -4.18. The highest BCUT2D eigenvalue weighted by molar-refractivity contribution is 6.02. The molecule has 1 aromatic rings. The van der Waals surface area contributed by atoms with Crippen molar-refractivity contribution >= 4 is 23.0 Å². The first-order chi connectivity index (χ1) is 13.2. The molecule has 5 nitrogen and oxygen atoms in total. The zero-order valence-corrected chi connectivity index (χ0v) is 15.8. The lowest BCUT2D eigenvalue weighted by molar-refractivity contribution is -0.182. The van der Waals surface area contributed by atoms with Crippen LogP contribution < -0.4 is 21.3 Å². The number of nitrogens with zero attached hydrogens (tertiary/aromatic N) is 1. The predicted molar refractivity (Wildman–Crippen MR) is 101 cm³/mol. The van der Waals surface area contributed by atoms with Crippen LogP contribution in [0.4, 0.5) is 34.6 Å². The Kier molecular flexibility index (Phi) is 5.90. The molecular weight excluding hydrogens is 376 g/mol. The molecule has 0 bridgehead atoms. The molecule has 9 heteroatoms. The summed E-state index contributed by atoms with van der Waals surface area (Å²) in [6, 6.07) is 2.96. The molecule has 1 atom stereocenters. The lowest BCUT2D eigenvalue weighted by atomic mass is 9.85. The Morgan fingerprint density at radius 1 is 1.18 bits per heavy atom. The number of hydrogen-bond donors (Lipinski definition) is 3. The number of nitrogens with one attached hydrogen (secondary N) is 2. The lowest BCUT2D eigenvalue weighted by Crippen LogP contribution is -2.40. The maximum absolute atomic E-state index is 13.7. The second-order valence-corrected chi connectivity index (χ2v) is 7.60. The SMILES string of the molecule is CNc1cc(N2CC[C@@H](F)C2)c(C(=O)N[C@H]2CC[C@H](C(F)(F)F)CC2)cc1N. The summed E-state index contributed by atoms with van der Waals surface area (Å²) >= 11 is 0. The molecule has 1 aliphatic carbocycles. The standard InChI is InChI=1S/C19H26F4N4O/c1-25-16-9-17(27-7-6-12(20)10-27)14(8-15(16)24)18(28)26-13-4-2-11(3-5-13)19(21,22)23/h8-9,11-13,25H,2-7,10,24H2,1H3,(H,26,28)/t11-,12-,13-/m1/s1. The van der Waals surface area contributed by atoms with E-state index in [1.165, 1.54) is 0 Å². The van der Waals surface area contributed by atoms with Gasteiger partial charge >= 0.3 is 6.18 Å². The van der Waals surface area contributed by atoms with E-state index in [0.29, 0.717) is 35.6 Å². The Balaban J connectivity index is 1.75. The number of halogens is 4. The number of rotatable bonds is 4. The topological polar surface area (TPSA) is 70.4 Å². The molecule has 1 aromatic carbocycles. The van der Waals surface area contributed by atoms with Gasteiger partial charge in [0.15, 0.2) is 0 Å². The molecule has 0 spiro atoms. The van der Waals surface area contributed by atoms with Gasteiger partial charge in [0.25, 0.3) is 5.91 Å². The van der Waals surface area contributed by atoms with Gasteiger partial charge in [-0.15, -0.1) is 0 Å². The van der Waals surface area contributed by atoms with Gasteiger partial charge in [0, 0.05) is 26.2 Å². The number of nitrogens with two attached hydrogens (primary N) is 1. The second kappa shape index (κ2) is 8.05. The number of amides is 1. The molecule has 0 unspecified atom stereocenters. The first-order valence-corrected chi connectivity index (χ1v) is 9.57. The van der Waals surface area contributed by atoms with Crippen LogP contribution in [0.5, 0.6) is 0 Å². The smallest absolute Gasteiger partial charge is 0.391 e. The minimum Gasteiger partial charge on any atom is -0.397 e. The summed E-state index contributed by atoms with van der Waals surface area (Å²) in [7, 11) is 1.70. The summed E-state index contributed by atoms with van der Waals surface area (Å²) in [6.07, 6.45) is -4.16. The molecule has 28 heavy (non-hydrogen) atoms. The van der Waals surface area contributed by atoms with Crippen LogP contribution in [0.15, 0.2) is 12.1 Å². The van der Waals surface area contributed by atoms with Crippen molar-refractivity contribution in [2.24, 2.45) is 5.92 Å². The Hall–Kier alpha value is -2.19. The maximum Gasteiger partial charge on any atom is 0.391 e. The third-order valence-corrected chi connectivity index (χ3v) is 5.68. The van der Waals surface area contributed by atoms with Crippen molar-refractivity contribution in [3.05, 3.63) is 17.7 Å². The minimum absolute atomic E-state index is 0.0117. The monoisotopic (exact) mass is 402 g/mol. The van der Waals surface area contributed by atoms with Crippen molar-refractivity contribution in [3.63, 3.8) is 0 Å². The molecule has 1 heterocycles. The van der Waals surface area contributed by atoms with E-state index in [9.17, 15) is 22.4 Å². The van der Waals surface area contributed by atoms with E-state index >= 15 is 0 Å². The summed E-state index contributed by atoms with van der Waals surface area (Å²) in [5, 5.41) is 5.80. The van der Waals surface area contributed by atoms with Gasteiger partial charge in [-0.1, -0.05) is 0 Å². The van der Waals surface area contributed by atoms with Crippen molar-refractivity contribution in [3.8, 4) is 0 Å². The number of nitrogen functional groups attached to an aromatic ring is 1. The molecule has 4 N–H and O–H groups in total. The summed E-state index contributed by atoms with van der Waals surface area (Å²) < 4.78 is 52.2. The molecular formula is C19H26F4N4O. The first kappa shape index (κ1) is 20.5. The van der Waals surface area contributed by atoms with Crippen LogP contribution in [-0.2, 0) is 0 Å². The van der Waals surface area contributed by atoms with Gasteiger partial charge in [-0.05, 0) is 44.2 Å². The van der Waals surface area contributed by atoms with Crippen LogP contribution in [0.25, 0.3) is 0 Å². The normalized spacial score (nSPS) is 25.6.